The summed E-state index contributed by atoms with van der Waals surface area (Å²) in [7, 11) is 0. The second kappa shape index (κ2) is 4.99. The minimum absolute atomic E-state index is 0.0415. The average molecular weight is 278 g/mol. The minimum Gasteiger partial charge on any atom is -0.488 e. The van der Waals surface area contributed by atoms with Crippen LogP contribution in [0.15, 0.2) is 24.4 Å². The van der Waals surface area contributed by atoms with Crippen LogP contribution in [0.25, 0.3) is 0 Å². The van der Waals surface area contributed by atoms with Crippen LogP contribution in [-0.2, 0) is 6.61 Å². The first-order valence-corrected chi connectivity index (χ1v) is 5.90. The molecule has 0 bridgehead atoms. The number of thiazole rings is 1. The number of hydrogen-bond acceptors (Lipinski definition) is 3. The van der Waals surface area contributed by atoms with Crippen LogP contribution in [-0.4, -0.2) is 4.98 Å². The number of rotatable bonds is 3. The van der Waals surface area contributed by atoms with Gasteiger partial charge in [0.25, 0.3) is 0 Å². The van der Waals surface area contributed by atoms with Gasteiger partial charge in [0, 0.05) is 12.3 Å². The van der Waals surface area contributed by atoms with Crippen LogP contribution in [0.5, 0.6) is 5.75 Å². The van der Waals surface area contributed by atoms with Crippen molar-refractivity contribution >= 4 is 34.5 Å². The second-order valence-electron chi connectivity index (χ2n) is 2.94. The molecule has 0 N–H and O–H groups in total. The Morgan fingerprint density at radius 1 is 1.38 bits per heavy atom. The molecule has 1 aromatic carbocycles. The maximum absolute atomic E-state index is 12.9. The third-order valence-electron chi connectivity index (χ3n) is 1.80. The lowest BCUT2D eigenvalue weighted by atomic mass is 10.3. The summed E-state index contributed by atoms with van der Waals surface area (Å²) in [6, 6.07) is 4.21. The third kappa shape index (κ3) is 2.84. The van der Waals surface area contributed by atoms with Gasteiger partial charge in [0.15, 0.2) is 4.47 Å². The van der Waals surface area contributed by atoms with Gasteiger partial charge in [-0.3, -0.25) is 0 Å². The number of hydrogen-bond donors (Lipinski definition) is 0. The van der Waals surface area contributed by atoms with E-state index >= 15 is 0 Å². The fraction of sp³-hybridized carbons (Fsp3) is 0.100. The molecule has 1 heterocycles. The Bertz CT molecular complexity index is 503. The van der Waals surface area contributed by atoms with Gasteiger partial charge in [-0.15, -0.1) is 11.3 Å². The number of halogens is 3. The summed E-state index contributed by atoms with van der Waals surface area (Å²) in [4.78, 5) is 4.77. The van der Waals surface area contributed by atoms with E-state index in [0.717, 1.165) is 4.88 Å². The largest absolute Gasteiger partial charge is 0.488 e. The summed E-state index contributed by atoms with van der Waals surface area (Å²) in [5.74, 6) is 0.0470. The van der Waals surface area contributed by atoms with E-state index in [1.54, 1.807) is 6.20 Å². The molecule has 0 aliphatic carbocycles. The third-order valence-corrected chi connectivity index (χ3v) is 3.18. The van der Waals surface area contributed by atoms with E-state index < -0.39 is 5.82 Å². The van der Waals surface area contributed by atoms with Crippen molar-refractivity contribution < 1.29 is 9.13 Å². The van der Waals surface area contributed by atoms with Crippen molar-refractivity contribution in [1.82, 2.24) is 4.98 Å². The van der Waals surface area contributed by atoms with Gasteiger partial charge in [0.2, 0.25) is 0 Å². The van der Waals surface area contributed by atoms with Crippen LogP contribution < -0.4 is 4.74 Å². The fourth-order valence-electron chi connectivity index (χ4n) is 1.07. The summed E-state index contributed by atoms with van der Waals surface area (Å²) in [6.07, 6.45) is 1.64. The van der Waals surface area contributed by atoms with Crippen LogP contribution in [0.3, 0.4) is 0 Å². The first-order valence-electron chi connectivity index (χ1n) is 4.33. The van der Waals surface area contributed by atoms with Crippen LogP contribution in [0, 0.1) is 5.82 Å². The van der Waals surface area contributed by atoms with E-state index in [1.165, 1.54) is 29.5 Å². The Morgan fingerprint density at radius 3 is 2.81 bits per heavy atom. The molecular formula is C10H6Cl2FNOS. The Hall–Kier alpha value is -0.840. The molecule has 2 nitrogen and oxygen atoms in total. The minimum atomic E-state index is -0.463. The molecule has 84 valence electrons. The molecule has 0 saturated heterocycles. The molecule has 16 heavy (non-hydrogen) atoms. The molecule has 0 aliphatic heterocycles. The van der Waals surface area contributed by atoms with Crippen molar-refractivity contribution in [3.63, 3.8) is 0 Å². The molecular weight excluding hydrogens is 272 g/mol. The maximum Gasteiger partial charge on any atom is 0.183 e. The van der Waals surface area contributed by atoms with Gasteiger partial charge in [-0.05, 0) is 12.1 Å². The van der Waals surface area contributed by atoms with Gasteiger partial charge >= 0.3 is 0 Å². The Kier molecular flexibility index (Phi) is 3.63. The molecule has 0 unspecified atom stereocenters. The highest BCUT2D eigenvalue weighted by atomic mass is 35.5. The summed E-state index contributed by atoms with van der Waals surface area (Å²) in [5.41, 5.74) is 0. The Labute approximate surface area is 106 Å². The highest BCUT2D eigenvalue weighted by Crippen LogP contribution is 2.23. The van der Waals surface area contributed by atoms with Gasteiger partial charge in [0.1, 0.15) is 18.2 Å². The quantitative estimate of drug-likeness (QED) is 0.840. The maximum atomic E-state index is 12.9. The highest BCUT2D eigenvalue weighted by molar-refractivity contribution is 7.15. The zero-order valence-corrected chi connectivity index (χ0v) is 10.2. The lowest BCUT2D eigenvalue weighted by molar-refractivity contribution is 0.309. The van der Waals surface area contributed by atoms with Gasteiger partial charge in [0.05, 0.1) is 9.90 Å². The summed E-state index contributed by atoms with van der Waals surface area (Å²) in [5, 5.41) is 0.0415. The molecule has 2 rings (SSSR count). The van der Waals surface area contributed by atoms with Crippen molar-refractivity contribution in [2.45, 2.75) is 6.61 Å². The van der Waals surface area contributed by atoms with Crippen molar-refractivity contribution in [1.29, 1.82) is 0 Å². The van der Waals surface area contributed by atoms with E-state index in [0.29, 0.717) is 16.8 Å². The van der Waals surface area contributed by atoms with E-state index in [-0.39, 0.29) is 5.02 Å². The Morgan fingerprint density at radius 2 is 2.19 bits per heavy atom. The normalized spacial score (nSPS) is 10.4. The first kappa shape index (κ1) is 11.6. The Balaban J connectivity index is 2.02. The summed E-state index contributed by atoms with van der Waals surface area (Å²) < 4.78 is 18.7. The van der Waals surface area contributed by atoms with Crippen molar-refractivity contribution in [2.24, 2.45) is 0 Å². The van der Waals surface area contributed by atoms with E-state index in [9.17, 15) is 4.39 Å². The second-order valence-corrected chi connectivity index (χ2v) is 5.05. The standard InChI is InChI=1S/C10H6Cl2FNOS/c11-8-3-6(1-2-9(8)13)15-5-7-4-14-10(12)16-7/h1-4H,5H2. The van der Waals surface area contributed by atoms with E-state index in [1.807, 2.05) is 0 Å². The highest BCUT2D eigenvalue weighted by Gasteiger charge is 2.03. The average Bonchev–Trinajstić information content (AvgIpc) is 2.66. The smallest absolute Gasteiger partial charge is 0.183 e. The topological polar surface area (TPSA) is 22.1 Å². The molecule has 0 aliphatic rings. The van der Waals surface area contributed by atoms with Gasteiger partial charge in [-0.1, -0.05) is 23.2 Å². The fourth-order valence-corrected chi connectivity index (χ4v) is 2.13. The van der Waals surface area contributed by atoms with Crippen molar-refractivity contribution in [3.05, 3.63) is 44.6 Å². The van der Waals surface area contributed by atoms with Gasteiger partial charge < -0.3 is 4.74 Å². The molecule has 1 aromatic heterocycles. The van der Waals surface area contributed by atoms with Crippen LogP contribution >= 0.6 is 34.5 Å². The molecule has 0 fully saturated rings. The number of ether oxygens (including phenoxy) is 1. The lowest BCUT2D eigenvalue weighted by Gasteiger charge is -2.04. The lowest BCUT2D eigenvalue weighted by Crippen LogP contribution is -1.93. The number of aromatic nitrogens is 1. The van der Waals surface area contributed by atoms with Crippen LogP contribution in [0.1, 0.15) is 4.88 Å². The van der Waals surface area contributed by atoms with E-state index in [2.05, 4.69) is 4.98 Å². The van der Waals surface area contributed by atoms with Crippen LogP contribution in [0.4, 0.5) is 4.39 Å². The first-order chi connectivity index (χ1) is 7.65. The molecule has 0 spiro atoms. The molecule has 0 radical (unpaired) electrons. The molecule has 0 amide bonds. The predicted molar refractivity (Wildman–Crippen MR) is 62.9 cm³/mol. The van der Waals surface area contributed by atoms with Crippen molar-refractivity contribution in [2.75, 3.05) is 0 Å². The molecule has 0 saturated carbocycles. The summed E-state index contributed by atoms with van der Waals surface area (Å²) >= 11 is 12.6. The van der Waals surface area contributed by atoms with Gasteiger partial charge in [-0.25, -0.2) is 9.37 Å². The monoisotopic (exact) mass is 277 g/mol. The van der Waals surface area contributed by atoms with Gasteiger partial charge in [-0.2, -0.15) is 0 Å². The molecule has 0 atom stereocenters. The van der Waals surface area contributed by atoms with Crippen molar-refractivity contribution in [3.8, 4) is 5.75 Å². The SMILES string of the molecule is Fc1ccc(OCc2cnc(Cl)s2)cc1Cl. The zero-order valence-electron chi connectivity index (χ0n) is 7.91. The molecule has 2 aromatic rings. The number of benzene rings is 1. The summed E-state index contributed by atoms with van der Waals surface area (Å²) in [6.45, 7) is 0.340. The zero-order chi connectivity index (χ0) is 11.5. The predicted octanol–water partition coefficient (Wildman–Crippen LogP) is 4.17. The molecule has 6 heteroatoms. The number of nitrogens with zero attached hydrogens (tertiary/aromatic N) is 1. The van der Waals surface area contributed by atoms with E-state index in [4.69, 9.17) is 27.9 Å². The van der Waals surface area contributed by atoms with Crippen LogP contribution in [0.2, 0.25) is 9.49 Å².